The number of hydrogen-bond acceptors (Lipinski definition) is 6. The lowest BCUT2D eigenvalue weighted by Gasteiger charge is -2.14. The van der Waals surface area contributed by atoms with Gasteiger partial charge >= 0.3 is 5.69 Å². The summed E-state index contributed by atoms with van der Waals surface area (Å²) in [5.41, 5.74) is 1.82. The summed E-state index contributed by atoms with van der Waals surface area (Å²) in [4.78, 5) is 39.2. The largest absolute Gasteiger partial charge is 0.493 e. The molecule has 0 aliphatic heterocycles. The smallest absolute Gasteiger partial charge is 0.336 e. The maximum atomic E-state index is 13.3. The molecular weight excluding hydrogens is 454 g/mol. The van der Waals surface area contributed by atoms with Gasteiger partial charge in [0.2, 0.25) is 5.91 Å². The van der Waals surface area contributed by atoms with Crippen molar-refractivity contribution < 1.29 is 14.3 Å². The molecule has 1 amide bonds. The maximum absolute atomic E-state index is 13.3. The first-order valence-corrected chi connectivity index (χ1v) is 11.6. The van der Waals surface area contributed by atoms with Crippen LogP contribution in [0, 0.1) is 6.92 Å². The molecule has 2 aromatic heterocycles. The first-order valence-electron chi connectivity index (χ1n) is 10.7. The van der Waals surface area contributed by atoms with Crippen molar-refractivity contribution in [2.45, 2.75) is 19.9 Å². The van der Waals surface area contributed by atoms with E-state index in [1.807, 2.05) is 37.3 Å². The average molecular weight is 480 g/mol. The number of nitrogens with zero attached hydrogens (tertiary/aromatic N) is 2. The second-order valence-electron chi connectivity index (χ2n) is 7.72. The Bertz CT molecular complexity index is 1470. The molecule has 0 aliphatic carbocycles. The van der Waals surface area contributed by atoms with Crippen LogP contribution in [-0.4, -0.2) is 35.8 Å². The van der Waals surface area contributed by atoms with Gasteiger partial charge in [-0.1, -0.05) is 24.3 Å². The molecule has 0 fully saturated rings. The first kappa shape index (κ1) is 23.3. The third-order valence-electron chi connectivity index (χ3n) is 5.60. The molecule has 0 atom stereocenters. The van der Waals surface area contributed by atoms with E-state index in [2.05, 4.69) is 5.32 Å². The second-order valence-corrected chi connectivity index (χ2v) is 8.64. The van der Waals surface area contributed by atoms with E-state index in [4.69, 9.17) is 9.47 Å². The van der Waals surface area contributed by atoms with Gasteiger partial charge in [-0.15, -0.1) is 11.3 Å². The highest BCUT2D eigenvalue weighted by Gasteiger charge is 2.18. The van der Waals surface area contributed by atoms with Crippen molar-refractivity contribution in [2.24, 2.45) is 0 Å². The summed E-state index contributed by atoms with van der Waals surface area (Å²) in [6.07, 6.45) is 0.581. The van der Waals surface area contributed by atoms with Crippen LogP contribution in [0.2, 0.25) is 0 Å². The summed E-state index contributed by atoms with van der Waals surface area (Å²) >= 11 is 1.25. The molecule has 8 nitrogen and oxygen atoms in total. The second kappa shape index (κ2) is 9.96. The van der Waals surface area contributed by atoms with E-state index in [1.165, 1.54) is 15.9 Å². The summed E-state index contributed by atoms with van der Waals surface area (Å²) in [5.74, 6) is 0.944. The topological polar surface area (TPSA) is 91.6 Å². The lowest BCUT2D eigenvalue weighted by atomic mass is 10.1. The van der Waals surface area contributed by atoms with Crippen molar-refractivity contribution in [1.29, 1.82) is 0 Å². The number of ether oxygens (including phenoxy) is 2. The number of carbonyl (C=O) groups is 1. The van der Waals surface area contributed by atoms with Crippen molar-refractivity contribution >= 4 is 27.5 Å². The molecule has 0 unspecified atom stereocenters. The number of nitrogens with one attached hydrogen (secondary N) is 1. The van der Waals surface area contributed by atoms with E-state index >= 15 is 0 Å². The van der Waals surface area contributed by atoms with Crippen LogP contribution in [0.1, 0.15) is 11.1 Å². The van der Waals surface area contributed by atoms with E-state index in [0.717, 1.165) is 15.7 Å². The molecule has 0 aliphatic rings. The number of thiophene rings is 1. The Labute approximate surface area is 200 Å². The number of aryl methyl sites for hydroxylation is 1. The minimum absolute atomic E-state index is 0.190. The lowest BCUT2D eigenvalue weighted by Crippen LogP contribution is -2.41. The van der Waals surface area contributed by atoms with Gasteiger partial charge in [0.1, 0.15) is 11.2 Å². The molecule has 0 saturated heterocycles. The minimum atomic E-state index is -0.541. The Balaban J connectivity index is 1.56. The molecule has 4 rings (SSSR count). The molecule has 0 spiro atoms. The number of amides is 1. The number of aromatic nitrogens is 2. The molecule has 2 aromatic carbocycles. The number of benzene rings is 2. The quantitative estimate of drug-likeness (QED) is 0.420. The van der Waals surface area contributed by atoms with Gasteiger partial charge in [0, 0.05) is 6.54 Å². The molecule has 9 heteroatoms. The van der Waals surface area contributed by atoms with Crippen LogP contribution in [0.4, 0.5) is 0 Å². The fourth-order valence-electron chi connectivity index (χ4n) is 3.85. The molecule has 0 radical (unpaired) electrons. The number of fused-ring (bicyclic) bond motifs is 1. The highest BCUT2D eigenvalue weighted by Crippen LogP contribution is 2.27. The van der Waals surface area contributed by atoms with Gasteiger partial charge < -0.3 is 14.8 Å². The number of methoxy groups -OCH3 is 2. The molecule has 2 heterocycles. The van der Waals surface area contributed by atoms with Gasteiger partial charge in [-0.25, -0.2) is 9.36 Å². The normalized spacial score (nSPS) is 10.9. The summed E-state index contributed by atoms with van der Waals surface area (Å²) in [6, 6.07) is 14.5. The van der Waals surface area contributed by atoms with Crippen LogP contribution in [0.25, 0.3) is 15.9 Å². The standard InChI is InChI=1S/C25H25N3O5S/c1-16-6-4-5-7-18(16)28-24(30)23-19(11-13-34-23)27(25(28)31)15-22(29)26-12-10-17-8-9-20(32-2)21(14-17)33-3/h4-9,11,13-14H,10,12,15H2,1-3H3,(H,26,29). The highest BCUT2D eigenvalue weighted by atomic mass is 32.1. The van der Waals surface area contributed by atoms with Gasteiger partial charge in [-0.2, -0.15) is 0 Å². The number of carbonyl (C=O) groups excluding carboxylic acids is 1. The molecule has 34 heavy (non-hydrogen) atoms. The summed E-state index contributed by atoms with van der Waals surface area (Å²) < 4.78 is 13.5. The van der Waals surface area contributed by atoms with Crippen LogP contribution >= 0.6 is 11.3 Å². The first-order chi connectivity index (χ1) is 16.4. The van der Waals surface area contributed by atoms with Crippen molar-refractivity contribution in [3.05, 3.63) is 85.9 Å². The monoisotopic (exact) mass is 479 g/mol. The predicted molar refractivity (Wildman–Crippen MR) is 133 cm³/mol. The lowest BCUT2D eigenvalue weighted by molar-refractivity contribution is -0.121. The van der Waals surface area contributed by atoms with E-state index in [-0.39, 0.29) is 18.0 Å². The highest BCUT2D eigenvalue weighted by molar-refractivity contribution is 7.17. The van der Waals surface area contributed by atoms with Crippen molar-refractivity contribution in [1.82, 2.24) is 14.5 Å². The maximum Gasteiger partial charge on any atom is 0.336 e. The fraction of sp³-hybridized carbons (Fsp3) is 0.240. The zero-order valence-corrected chi connectivity index (χ0v) is 20.0. The Hall–Kier alpha value is -3.85. The molecule has 1 N–H and O–H groups in total. The third kappa shape index (κ3) is 4.47. The van der Waals surface area contributed by atoms with Crippen molar-refractivity contribution in [3.8, 4) is 17.2 Å². The van der Waals surface area contributed by atoms with Gasteiger partial charge in [-0.3, -0.25) is 14.2 Å². The number of rotatable bonds is 8. The van der Waals surface area contributed by atoms with Gasteiger partial charge in [0.05, 0.1) is 25.4 Å². The Kier molecular flexibility index (Phi) is 6.83. The Morgan fingerprint density at radius 1 is 1.03 bits per heavy atom. The number of para-hydroxylation sites is 1. The van der Waals surface area contributed by atoms with E-state index in [9.17, 15) is 14.4 Å². The van der Waals surface area contributed by atoms with Crippen LogP contribution in [0.3, 0.4) is 0 Å². The summed E-state index contributed by atoms with van der Waals surface area (Å²) in [6.45, 7) is 2.03. The summed E-state index contributed by atoms with van der Waals surface area (Å²) in [7, 11) is 3.15. The van der Waals surface area contributed by atoms with Crippen LogP contribution in [0.5, 0.6) is 11.5 Å². The van der Waals surface area contributed by atoms with Gasteiger partial charge in [0.15, 0.2) is 11.5 Å². The van der Waals surface area contributed by atoms with Gasteiger partial charge in [-0.05, 0) is 54.1 Å². The average Bonchev–Trinajstić information content (AvgIpc) is 3.33. The van der Waals surface area contributed by atoms with Crippen LogP contribution in [0.15, 0.2) is 63.5 Å². The SMILES string of the molecule is COc1ccc(CCNC(=O)Cn2c(=O)n(-c3ccccc3C)c(=O)c3sccc32)cc1OC. The molecule has 176 valence electrons. The fourth-order valence-corrected chi connectivity index (χ4v) is 4.67. The predicted octanol–water partition coefficient (Wildman–Crippen LogP) is 2.90. The zero-order valence-electron chi connectivity index (χ0n) is 19.2. The van der Waals surface area contributed by atoms with Crippen molar-refractivity contribution in [2.75, 3.05) is 20.8 Å². The number of hydrogen-bond donors (Lipinski definition) is 1. The van der Waals surface area contributed by atoms with E-state index in [1.54, 1.807) is 37.8 Å². The van der Waals surface area contributed by atoms with E-state index in [0.29, 0.717) is 40.4 Å². The minimum Gasteiger partial charge on any atom is -0.493 e. The Morgan fingerprint density at radius 2 is 1.79 bits per heavy atom. The third-order valence-corrected chi connectivity index (χ3v) is 6.49. The van der Waals surface area contributed by atoms with Gasteiger partial charge in [0.25, 0.3) is 5.56 Å². The zero-order chi connectivity index (χ0) is 24.2. The summed E-state index contributed by atoms with van der Waals surface area (Å²) in [5, 5.41) is 4.61. The molecule has 4 aromatic rings. The van der Waals surface area contributed by atoms with Crippen LogP contribution in [-0.2, 0) is 17.8 Å². The molecule has 0 saturated carbocycles. The van der Waals surface area contributed by atoms with Crippen LogP contribution < -0.4 is 26.0 Å². The van der Waals surface area contributed by atoms with Crippen molar-refractivity contribution in [3.63, 3.8) is 0 Å². The molecule has 0 bridgehead atoms. The molecular formula is C25H25N3O5S. The Morgan fingerprint density at radius 3 is 2.53 bits per heavy atom. The van der Waals surface area contributed by atoms with E-state index < -0.39 is 5.69 Å².